The van der Waals surface area contributed by atoms with E-state index in [0.717, 1.165) is 8.69 Å². The first-order chi connectivity index (χ1) is 8.09. The maximum Gasteiger partial charge on any atom is 0.325 e. The molecule has 7 heteroatoms. The van der Waals surface area contributed by atoms with E-state index >= 15 is 0 Å². The van der Waals surface area contributed by atoms with Crippen LogP contribution in [0.2, 0.25) is 0 Å². The van der Waals surface area contributed by atoms with Gasteiger partial charge >= 0.3 is 6.03 Å². The zero-order chi connectivity index (χ0) is 12.4. The van der Waals surface area contributed by atoms with Crippen molar-refractivity contribution in [1.29, 1.82) is 0 Å². The number of benzene rings is 1. The number of urea groups is 1. The van der Waals surface area contributed by atoms with Gasteiger partial charge in [0, 0.05) is 0 Å². The van der Waals surface area contributed by atoms with Gasteiger partial charge in [-0.05, 0) is 28.1 Å². The summed E-state index contributed by atoms with van der Waals surface area (Å²) in [6, 6.07) is 5.74. The van der Waals surface area contributed by atoms with Crippen molar-refractivity contribution in [3.05, 3.63) is 34.2 Å². The molecule has 2 aromatic rings. The number of hydrogen-bond donors (Lipinski definition) is 2. The number of aromatic hydroxyl groups is 1. The molecule has 0 bridgehead atoms. The maximum absolute atomic E-state index is 11.5. The molecule has 1 heterocycles. The number of thiazole rings is 1. The van der Waals surface area contributed by atoms with Gasteiger partial charge in [0.25, 0.3) is 0 Å². The third-order valence-electron chi connectivity index (χ3n) is 2.00. The molecule has 0 fully saturated rings. The first kappa shape index (κ1) is 11.9. The Balaban J connectivity index is 2.50. The lowest BCUT2D eigenvalue weighted by Crippen LogP contribution is -2.31. The summed E-state index contributed by atoms with van der Waals surface area (Å²) in [5, 5.41) is 10.1. The van der Waals surface area contributed by atoms with E-state index < -0.39 is 6.03 Å². The standard InChI is InChI=1S/C10H8BrN3O2S/c11-8-5-13-10(17-8)14(9(12)16)6-3-1-2-4-7(6)15/h1-5,15H,(H2,12,16). The summed E-state index contributed by atoms with van der Waals surface area (Å²) in [7, 11) is 0. The van der Waals surface area contributed by atoms with Crippen LogP contribution in [-0.2, 0) is 0 Å². The number of aromatic nitrogens is 1. The Labute approximate surface area is 110 Å². The van der Waals surface area contributed by atoms with E-state index in [1.54, 1.807) is 24.4 Å². The molecule has 1 aromatic carbocycles. The molecule has 88 valence electrons. The second kappa shape index (κ2) is 4.72. The van der Waals surface area contributed by atoms with E-state index in [4.69, 9.17) is 5.73 Å². The number of anilines is 2. The highest BCUT2D eigenvalue weighted by Crippen LogP contribution is 2.36. The number of nitrogens with zero attached hydrogens (tertiary/aromatic N) is 2. The molecule has 2 rings (SSSR count). The van der Waals surface area contributed by atoms with Gasteiger partial charge in [-0.2, -0.15) is 0 Å². The minimum atomic E-state index is -0.701. The van der Waals surface area contributed by atoms with Gasteiger partial charge in [-0.1, -0.05) is 23.5 Å². The number of nitrogens with two attached hydrogens (primary N) is 1. The first-order valence-corrected chi connectivity index (χ1v) is 6.19. The van der Waals surface area contributed by atoms with Crippen molar-refractivity contribution in [2.75, 3.05) is 4.90 Å². The predicted molar refractivity (Wildman–Crippen MR) is 69.6 cm³/mol. The second-order valence-electron chi connectivity index (χ2n) is 3.11. The Kier molecular flexibility index (Phi) is 3.30. The van der Waals surface area contributed by atoms with E-state index in [2.05, 4.69) is 20.9 Å². The number of carbonyl (C=O) groups is 1. The van der Waals surface area contributed by atoms with Crippen LogP contribution in [0.25, 0.3) is 0 Å². The normalized spacial score (nSPS) is 10.2. The molecule has 0 atom stereocenters. The molecule has 0 aliphatic carbocycles. The van der Waals surface area contributed by atoms with Crippen LogP contribution < -0.4 is 10.6 Å². The smallest absolute Gasteiger partial charge is 0.325 e. The highest BCUT2D eigenvalue weighted by molar-refractivity contribution is 9.11. The molecule has 0 aliphatic heterocycles. The number of carbonyl (C=O) groups excluding carboxylic acids is 1. The molecule has 5 nitrogen and oxygen atoms in total. The van der Waals surface area contributed by atoms with Gasteiger partial charge in [-0.15, -0.1) is 0 Å². The number of amides is 2. The highest BCUT2D eigenvalue weighted by atomic mass is 79.9. The monoisotopic (exact) mass is 313 g/mol. The van der Waals surface area contributed by atoms with Gasteiger partial charge in [0.2, 0.25) is 0 Å². The number of rotatable bonds is 2. The van der Waals surface area contributed by atoms with Crippen molar-refractivity contribution in [1.82, 2.24) is 4.98 Å². The van der Waals surface area contributed by atoms with E-state index in [1.165, 1.54) is 17.4 Å². The van der Waals surface area contributed by atoms with Crippen LogP contribution in [0.5, 0.6) is 5.75 Å². The number of phenolic OH excluding ortho intramolecular Hbond substituents is 1. The topological polar surface area (TPSA) is 79.5 Å². The van der Waals surface area contributed by atoms with E-state index in [9.17, 15) is 9.90 Å². The zero-order valence-corrected chi connectivity index (χ0v) is 10.9. The summed E-state index contributed by atoms with van der Waals surface area (Å²) < 4.78 is 0.772. The largest absolute Gasteiger partial charge is 0.506 e. The lowest BCUT2D eigenvalue weighted by molar-refractivity contribution is 0.256. The van der Waals surface area contributed by atoms with Gasteiger partial charge in [0.1, 0.15) is 5.75 Å². The van der Waals surface area contributed by atoms with Gasteiger partial charge in [-0.25, -0.2) is 14.7 Å². The molecule has 0 spiro atoms. The fourth-order valence-electron chi connectivity index (χ4n) is 1.32. The minimum Gasteiger partial charge on any atom is -0.506 e. The maximum atomic E-state index is 11.5. The van der Waals surface area contributed by atoms with Crippen molar-refractivity contribution < 1.29 is 9.90 Å². The van der Waals surface area contributed by atoms with Crippen molar-refractivity contribution in [2.45, 2.75) is 0 Å². The SMILES string of the molecule is NC(=O)N(c1ncc(Br)s1)c1ccccc1O. The Morgan fingerprint density at radius 2 is 2.18 bits per heavy atom. The van der Waals surface area contributed by atoms with Gasteiger partial charge in [-0.3, -0.25) is 0 Å². The third kappa shape index (κ3) is 2.40. The van der Waals surface area contributed by atoms with Crippen LogP contribution in [0.1, 0.15) is 0 Å². The Morgan fingerprint density at radius 1 is 1.47 bits per heavy atom. The number of halogens is 1. The van der Waals surface area contributed by atoms with Crippen LogP contribution in [0.3, 0.4) is 0 Å². The second-order valence-corrected chi connectivity index (χ2v) is 5.50. The molecule has 17 heavy (non-hydrogen) atoms. The minimum absolute atomic E-state index is 0.0300. The lowest BCUT2D eigenvalue weighted by Gasteiger charge is -2.17. The number of hydrogen-bond acceptors (Lipinski definition) is 4. The van der Waals surface area contributed by atoms with Crippen LogP contribution in [0, 0.1) is 0 Å². The van der Waals surface area contributed by atoms with Crippen LogP contribution in [-0.4, -0.2) is 16.1 Å². The molecule has 0 radical (unpaired) electrons. The summed E-state index contributed by atoms with van der Waals surface area (Å²) in [5.41, 5.74) is 5.61. The Morgan fingerprint density at radius 3 is 2.71 bits per heavy atom. The number of para-hydroxylation sites is 2. The van der Waals surface area contributed by atoms with E-state index in [-0.39, 0.29) is 5.75 Å². The zero-order valence-electron chi connectivity index (χ0n) is 8.50. The molecular weight excluding hydrogens is 306 g/mol. The van der Waals surface area contributed by atoms with Crippen LogP contribution in [0.4, 0.5) is 15.6 Å². The molecule has 0 unspecified atom stereocenters. The molecular formula is C10H8BrN3O2S. The van der Waals surface area contributed by atoms with Crippen molar-refractivity contribution in [3.63, 3.8) is 0 Å². The van der Waals surface area contributed by atoms with Crippen LogP contribution in [0.15, 0.2) is 34.2 Å². The molecule has 0 aliphatic rings. The van der Waals surface area contributed by atoms with E-state index in [1.807, 2.05) is 0 Å². The number of primary amides is 1. The van der Waals surface area contributed by atoms with Crippen molar-refractivity contribution in [2.24, 2.45) is 5.73 Å². The van der Waals surface area contributed by atoms with Crippen molar-refractivity contribution in [3.8, 4) is 5.75 Å². The summed E-state index contributed by atoms with van der Waals surface area (Å²) >= 11 is 4.50. The fraction of sp³-hybridized carbons (Fsp3) is 0. The summed E-state index contributed by atoms with van der Waals surface area (Å²) in [4.78, 5) is 16.6. The lowest BCUT2D eigenvalue weighted by atomic mass is 10.3. The molecule has 2 amide bonds. The molecule has 0 saturated carbocycles. The van der Waals surface area contributed by atoms with Gasteiger partial charge < -0.3 is 10.8 Å². The van der Waals surface area contributed by atoms with Gasteiger partial charge in [0.15, 0.2) is 5.13 Å². The highest BCUT2D eigenvalue weighted by Gasteiger charge is 2.20. The quantitative estimate of drug-likeness (QED) is 0.894. The summed E-state index contributed by atoms with van der Waals surface area (Å²) in [6.07, 6.45) is 1.57. The van der Waals surface area contributed by atoms with E-state index in [0.29, 0.717) is 10.8 Å². The molecule has 0 saturated heterocycles. The van der Waals surface area contributed by atoms with Gasteiger partial charge in [0.05, 0.1) is 15.7 Å². The number of phenols is 1. The molecule has 3 N–H and O–H groups in total. The van der Waals surface area contributed by atoms with Crippen LogP contribution >= 0.6 is 27.3 Å². The van der Waals surface area contributed by atoms with Crippen molar-refractivity contribution >= 4 is 44.1 Å². The third-order valence-corrected chi connectivity index (χ3v) is 3.46. The predicted octanol–water partition coefficient (Wildman–Crippen LogP) is 2.83. The Hall–Kier alpha value is -1.60. The summed E-state index contributed by atoms with van der Waals surface area (Å²) in [5.74, 6) is -0.0300. The summed E-state index contributed by atoms with van der Waals surface area (Å²) in [6.45, 7) is 0. The average molecular weight is 314 g/mol. The first-order valence-electron chi connectivity index (χ1n) is 4.58. The Bertz CT molecular complexity index is 558. The fourth-order valence-corrected chi connectivity index (χ4v) is 2.52. The molecule has 1 aromatic heterocycles. The average Bonchev–Trinajstić information content (AvgIpc) is 2.68.